The van der Waals surface area contributed by atoms with Crippen LogP contribution in [0.1, 0.15) is 54.4 Å². The smallest absolute Gasteiger partial charge is 0.335 e. The number of piperidine rings is 1. The predicted molar refractivity (Wildman–Crippen MR) is 94.6 cm³/mol. The van der Waals surface area contributed by atoms with Crippen LogP contribution in [0.4, 0.5) is 0 Å². The SMILES string of the molecule is O=C(O)c1ccccc1CC1CCN(C(=O)CCC2CCCO2)CC1. The third-order valence-corrected chi connectivity index (χ3v) is 5.43. The van der Waals surface area contributed by atoms with Crippen LogP contribution in [0.5, 0.6) is 0 Å². The molecule has 136 valence electrons. The van der Waals surface area contributed by atoms with Gasteiger partial charge in [0.25, 0.3) is 0 Å². The number of carbonyl (C=O) groups excluding carboxylic acids is 1. The van der Waals surface area contributed by atoms with Gasteiger partial charge in [0.2, 0.25) is 5.91 Å². The van der Waals surface area contributed by atoms with Crippen LogP contribution in [0.15, 0.2) is 24.3 Å². The zero-order valence-electron chi connectivity index (χ0n) is 14.7. The summed E-state index contributed by atoms with van der Waals surface area (Å²) < 4.78 is 5.59. The Bertz CT molecular complexity index is 601. The summed E-state index contributed by atoms with van der Waals surface area (Å²) in [5, 5.41) is 9.30. The first kappa shape index (κ1) is 17.9. The Morgan fingerprint density at radius 1 is 1.16 bits per heavy atom. The second-order valence-electron chi connectivity index (χ2n) is 7.16. The number of benzene rings is 1. The molecular formula is C20H27NO4. The number of rotatable bonds is 6. The van der Waals surface area contributed by atoms with E-state index in [1.165, 1.54) is 0 Å². The topological polar surface area (TPSA) is 66.8 Å². The van der Waals surface area contributed by atoms with E-state index >= 15 is 0 Å². The molecule has 2 heterocycles. The Hall–Kier alpha value is -1.88. The number of nitrogens with zero attached hydrogens (tertiary/aromatic N) is 1. The number of carboxylic acids is 1. The van der Waals surface area contributed by atoms with Crippen LogP contribution in [0.2, 0.25) is 0 Å². The molecule has 2 aliphatic rings. The number of amides is 1. The van der Waals surface area contributed by atoms with Crippen LogP contribution in [-0.2, 0) is 16.0 Å². The van der Waals surface area contributed by atoms with Crippen molar-refractivity contribution >= 4 is 11.9 Å². The summed E-state index contributed by atoms with van der Waals surface area (Å²) in [5.74, 6) is -0.181. The minimum Gasteiger partial charge on any atom is -0.478 e. The Morgan fingerprint density at radius 2 is 1.92 bits per heavy atom. The quantitative estimate of drug-likeness (QED) is 0.860. The van der Waals surface area contributed by atoms with Gasteiger partial charge in [0.05, 0.1) is 11.7 Å². The van der Waals surface area contributed by atoms with Gasteiger partial charge in [-0.3, -0.25) is 4.79 Å². The molecule has 1 aromatic carbocycles. The second kappa shape index (κ2) is 8.48. The van der Waals surface area contributed by atoms with Crippen LogP contribution in [-0.4, -0.2) is 47.7 Å². The molecule has 0 spiro atoms. The van der Waals surface area contributed by atoms with E-state index in [0.717, 1.165) is 63.8 Å². The number of ether oxygens (including phenoxy) is 1. The zero-order chi connectivity index (χ0) is 17.6. The average molecular weight is 345 g/mol. The van der Waals surface area contributed by atoms with E-state index in [2.05, 4.69) is 0 Å². The van der Waals surface area contributed by atoms with Crippen molar-refractivity contribution in [1.82, 2.24) is 4.90 Å². The number of hydrogen-bond acceptors (Lipinski definition) is 3. The number of likely N-dealkylation sites (tertiary alicyclic amines) is 1. The molecule has 0 saturated carbocycles. The molecule has 3 rings (SSSR count). The monoisotopic (exact) mass is 345 g/mol. The van der Waals surface area contributed by atoms with Gasteiger partial charge >= 0.3 is 5.97 Å². The fourth-order valence-electron chi connectivity index (χ4n) is 3.92. The van der Waals surface area contributed by atoms with Gasteiger partial charge in [-0.2, -0.15) is 0 Å². The lowest BCUT2D eigenvalue weighted by atomic mass is 9.88. The molecule has 0 radical (unpaired) electrons. The summed E-state index contributed by atoms with van der Waals surface area (Å²) in [4.78, 5) is 25.6. The Kier molecular flexibility index (Phi) is 6.08. The Morgan fingerprint density at radius 3 is 2.60 bits per heavy atom. The lowest BCUT2D eigenvalue weighted by Gasteiger charge is -2.32. The zero-order valence-corrected chi connectivity index (χ0v) is 14.7. The van der Waals surface area contributed by atoms with Crippen molar-refractivity contribution in [2.45, 2.75) is 51.0 Å². The first-order chi connectivity index (χ1) is 12.1. The van der Waals surface area contributed by atoms with Gasteiger partial charge in [-0.05, 0) is 56.1 Å². The summed E-state index contributed by atoms with van der Waals surface area (Å²) in [5.41, 5.74) is 1.30. The Balaban J connectivity index is 1.45. The van der Waals surface area contributed by atoms with Crippen molar-refractivity contribution in [2.75, 3.05) is 19.7 Å². The Labute approximate surface area is 149 Å². The maximum atomic E-state index is 12.4. The molecule has 5 heteroatoms. The van der Waals surface area contributed by atoms with Crippen molar-refractivity contribution in [3.63, 3.8) is 0 Å². The molecule has 1 atom stereocenters. The standard InChI is InChI=1S/C20H27NO4/c22-19(8-7-17-5-3-13-25-17)21-11-9-15(10-12-21)14-16-4-1-2-6-18(16)20(23)24/h1-2,4,6,15,17H,3,5,7-14H2,(H,23,24). The lowest BCUT2D eigenvalue weighted by Crippen LogP contribution is -2.39. The van der Waals surface area contributed by atoms with Gasteiger partial charge in [0.1, 0.15) is 0 Å². The normalized spacial score (nSPS) is 21.4. The van der Waals surface area contributed by atoms with E-state index in [0.29, 0.717) is 17.9 Å². The summed E-state index contributed by atoms with van der Waals surface area (Å²) in [6, 6.07) is 7.23. The molecule has 0 aromatic heterocycles. The summed E-state index contributed by atoms with van der Waals surface area (Å²) >= 11 is 0. The van der Waals surface area contributed by atoms with Gasteiger partial charge in [-0.25, -0.2) is 4.79 Å². The van der Waals surface area contributed by atoms with Crippen LogP contribution < -0.4 is 0 Å². The fraction of sp³-hybridized carbons (Fsp3) is 0.600. The minimum absolute atomic E-state index is 0.236. The van der Waals surface area contributed by atoms with E-state index in [9.17, 15) is 14.7 Å². The van der Waals surface area contributed by atoms with Crippen molar-refractivity contribution in [3.05, 3.63) is 35.4 Å². The molecule has 1 aromatic rings. The molecule has 1 amide bonds. The van der Waals surface area contributed by atoms with E-state index < -0.39 is 5.97 Å². The van der Waals surface area contributed by atoms with E-state index in [1.54, 1.807) is 12.1 Å². The number of hydrogen-bond donors (Lipinski definition) is 1. The highest BCUT2D eigenvalue weighted by atomic mass is 16.5. The third-order valence-electron chi connectivity index (χ3n) is 5.43. The van der Waals surface area contributed by atoms with Crippen molar-refractivity contribution in [3.8, 4) is 0 Å². The van der Waals surface area contributed by atoms with E-state index in [1.807, 2.05) is 17.0 Å². The first-order valence-electron chi connectivity index (χ1n) is 9.34. The second-order valence-corrected chi connectivity index (χ2v) is 7.16. The minimum atomic E-state index is -0.864. The van der Waals surface area contributed by atoms with Crippen LogP contribution in [0, 0.1) is 5.92 Å². The van der Waals surface area contributed by atoms with E-state index in [4.69, 9.17) is 4.74 Å². The van der Waals surface area contributed by atoms with Gasteiger partial charge in [0, 0.05) is 26.1 Å². The number of carboxylic acid groups (broad SMARTS) is 1. The van der Waals surface area contributed by atoms with Crippen molar-refractivity contribution in [2.24, 2.45) is 5.92 Å². The molecule has 2 aliphatic heterocycles. The van der Waals surface area contributed by atoms with Crippen molar-refractivity contribution < 1.29 is 19.4 Å². The highest BCUT2D eigenvalue weighted by Gasteiger charge is 2.25. The summed E-state index contributed by atoms with van der Waals surface area (Å²) in [6.45, 7) is 2.40. The molecule has 2 saturated heterocycles. The summed E-state index contributed by atoms with van der Waals surface area (Å²) in [6.07, 6.45) is 6.55. The molecule has 1 unspecified atom stereocenters. The van der Waals surface area contributed by atoms with E-state index in [-0.39, 0.29) is 12.0 Å². The molecule has 25 heavy (non-hydrogen) atoms. The number of aromatic carboxylic acids is 1. The predicted octanol–water partition coefficient (Wildman–Crippen LogP) is 3.13. The largest absolute Gasteiger partial charge is 0.478 e. The van der Waals surface area contributed by atoms with Crippen molar-refractivity contribution in [1.29, 1.82) is 0 Å². The highest BCUT2D eigenvalue weighted by Crippen LogP contribution is 2.25. The molecule has 1 N–H and O–H groups in total. The number of carbonyl (C=O) groups is 2. The molecule has 0 aliphatic carbocycles. The van der Waals surface area contributed by atoms with Gasteiger partial charge in [-0.15, -0.1) is 0 Å². The maximum Gasteiger partial charge on any atom is 0.335 e. The molecule has 0 bridgehead atoms. The van der Waals surface area contributed by atoms with Gasteiger partial charge in [-0.1, -0.05) is 18.2 Å². The average Bonchev–Trinajstić information content (AvgIpc) is 3.14. The first-order valence-corrected chi connectivity index (χ1v) is 9.34. The molecule has 2 fully saturated rings. The third kappa shape index (κ3) is 4.82. The summed E-state index contributed by atoms with van der Waals surface area (Å²) in [7, 11) is 0. The van der Waals surface area contributed by atoms with Crippen LogP contribution in [0.3, 0.4) is 0 Å². The lowest BCUT2D eigenvalue weighted by molar-refractivity contribution is -0.133. The van der Waals surface area contributed by atoms with Crippen LogP contribution in [0.25, 0.3) is 0 Å². The van der Waals surface area contributed by atoms with Gasteiger partial charge in [0.15, 0.2) is 0 Å². The van der Waals surface area contributed by atoms with Gasteiger partial charge < -0.3 is 14.7 Å². The molecular weight excluding hydrogens is 318 g/mol. The fourth-order valence-corrected chi connectivity index (χ4v) is 3.92. The highest BCUT2D eigenvalue weighted by molar-refractivity contribution is 5.89. The maximum absolute atomic E-state index is 12.4. The van der Waals surface area contributed by atoms with Crippen LogP contribution >= 0.6 is 0 Å². The molecule has 5 nitrogen and oxygen atoms in total.